The third kappa shape index (κ3) is 3.49. The highest BCUT2D eigenvalue weighted by Gasteiger charge is 2.24. The van der Waals surface area contributed by atoms with Crippen LogP contribution in [0.2, 0.25) is 0 Å². The summed E-state index contributed by atoms with van der Waals surface area (Å²) in [6.07, 6.45) is 0.375. The van der Waals surface area contributed by atoms with Gasteiger partial charge < -0.3 is 10.4 Å². The van der Waals surface area contributed by atoms with E-state index in [0.717, 1.165) is 0 Å². The van der Waals surface area contributed by atoms with E-state index in [2.05, 4.69) is 15.4 Å². The zero-order valence-electron chi connectivity index (χ0n) is 14.0. The van der Waals surface area contributed by atoms with Crippen LogP contribution in [-0.4, -0.2) is 37.8 Å². The molecule has 2 N–H and O–H groups in total. The van der Waals surface area contributed by atoms with Gasteiger partial charge in [0, 0.05) is 12.7 Å². The zero-order chi connectivity index (χ0) is 17.3. The lowest BCUT2D eigenvalue weighted by Crippen LogP contribution is -2.41. The number of hydrogen-bond acceptors (Lipinski definition) is 4. The number of amides is 1. The van der Waals surface area contributed by atoms with E-state index in [9.17, 15) is 14.7 Å². The summed E-state index contributed by atoms with van der Waals surface area (Å²) < 4.78 is 1.62. The van der Waals surface area contributed by atoms with Crippen LogP contribution in [0.5, 0.6) is 0 Å². The Morgan fingerprint density at radius 1 is 1.35 bits per heavy atom. The Kier molecular flexibility index (Phi) is 4.68. The van der Waals surface area contributed by atoms with Crippen LogP contribution in [0.25, 0.3) is 11.0 Å². The zero-order valence-corrected chi connectivity index (χ0v) is 14.0. The fraction of sp³-hybridized carbons (Fsp3) is 0.500. The van der Waals surface area contributed by atoms with Crippen LogP contribution < -0.4 is 5.32 Å². The summed E-state index contributed by atoms with van der Waals surface area (Å²) in [6.45, 7) is 7.44. The number of pyridine rings is 1. The number of aliphatic carboxylic acids is 1. The van der Waals surface area contributed by atoms with Crippen molar-refractivity contribution in [3.05, 3.63) is 23.0 Å². The minimum absolute atomic E-state index is 0.163. The van der Waals surface area contributed by atoms with E-state index in [0.29, 0.717) is 34.4 Å². The van der Waals surface area contributed by atoms with Gasteiger partial charge in [0.25, 0.3) is 5.91 Å². The fourth-order valence-corrected chi connectivity index (χ4v) is 2.68. The average molecular weight is 318 g/mol. The molecule has 0 aliphatic rings. The molecule has 2 heterocycles. The number of aromatic nitrogens is 3. The van der Waals surface area contributed by atoms with Crippen molar-refractivity contribution in [2.75, 3.05) is 0 Å². The Hall–Kier alpha value is -2.44. The number of hydrogen-bond donors (Lipinski definition) is 2. The maximum absolute atomic E-state index is 12.6. The molecule has 1 atom stereocenters. The molecule has 0 saturated heterocycles. The maximum Gasteiger partial charge on any atom is 0.326 e. The van der Waals surface area contributed by atoms with Gasteiger partial charge in [-0.05, 0) is 32.3 Å². The minimum Gasteiger partial charge on any atom is -0.480 e. The van der Waals surface area contributed by atoms with Crippen molar-refractivity contribution in [1.82, 2.24) is 20.1 Å². The van der Waals surface area contributed by atoms with Crippen molar-refractivity contribution < 1.29 is 14.7 Å². The van der Waals surface area contributed by atoms with E-state index in [1.807, 2.05) is 13.8 Å². The first kappa shape index (κ1) is 16.9. The first-order valence-corrected chi connectivity index (χ1v) is 7.55. The smallest absolute Gasteiger partial charge is 0.326 e. The second kappa shape index (κ2) is 6.36. The second-order valence-electron chi connectivity index (χ2n) is 6.21. The Labute approximate surface area is 134 Å². The van der Waals surface area contributed by atoms with Crippen molar-refractivity contribution in [2.45, 2.75) is 40.2 Å². The molecule has 0 aromatic carbocycles. The van der Waals surface area contributed by atoms with Gasteiger partial charge in [-0.25, -0.2) is 9.78 Å². The summed E-state index contributed by atoms with van der Waals surface area (Å²) in [5, 5.41) is 16.9. The summed E-state index contributed by atoms with van der Waals surface area (Å²) in [5.41, 5.74) is 2.40. The summed E-state index contributed by atoms with van der Waals surface area (Å²) in [5.74, 6) is -1.28. The lowest BCUT2D eigenvalue weighted by molar-refractivity contribution is -0.139. The molecular weight excluding hydrogens is 296 g/mol. The number of aryl methyl sites for hydroxylation is 3. The maximum atomic E-state index is 12.6. The predicted octanol–water partition coefficient (Wildman–Crippen LogP) is 1.81. The van der Waals surface area contributed by atoms with Crippen LogP contribution in [0.4, 0.5) is 0 Å². The molecule has 1 amide bonds. The number of carbonyl (C=O) groups excluding carboxylic acids is 1. The van der Waals surface area contributed by atoms with Gasteiger partial charge in [-0.1, -0.05) is 13.8 Å². The van der Waals surface area contributed by atoms with Crippen molar-refractivity contribution in [2.24, 2.45) is 13.0 Å². The van der Waals surface area contributed by atoms with Gasteiger partial charge in [0.05, 0.1) is 16.6 Å². The third-order valence-corrected chi connectivity index (χ3v) is 3.65. The standard InChI is InChI=1S/C16H22N4O3/c1-8(2)6-12(16(22)23)18-15(21)11-7-9(3)17-14-13(11)10(4)19-20(14)5/h7-8,12H,6H2,1-5H3,(H,18,21)(H,22,23)/t12-/m0/s1. The topological polar surface area (TPSA) is 97.1 Å². The highest BCUT2D eigenvalue weighted by molar-refractivity contribution is 6.07. The van der Waals surface area contributed by atoms with E-state index in [1.165, 1.54) is 0 Å². The number of nitrogens with zero attached hydrogens (tertiary/aromatic N) is 3. The van der Waals surface area contributed by atoms with Gasteiger partial charge in [0.2, 0.25) is 0 Å². The quantitative estimate of drug-likeness (QED) is 0.876. The number of carboxylic acids is 1. The lowest BCUT2D eigenvalue weighted by Gasteiger charge is -2.17. The molecule has 0 fully saturated rings. The highest BCUT2D eigenvalue weighted by Crippen LogP contribution is 2.22. The summed E-state index contributed by atoms with van der Waals surface area (Å²) in [4.78, 5) is 28.4. The monoisotopic (exact) mass is 318 g/mol. The van der Waals surface area contributed by atoms with E-state index in [1.54, 1.807) is 31.6 Å². The second-order valence-corrected chi connectivity index (χ2v) is 6.21. The number of carboxylic acid groups (broad SMARTS) is 1. The molecule has 0 aliphatic carbocycles. The predicted molar refractivity (Wildman–Crippen MR) is 86.3 cm³/mol. The van der Waals surface area contributed by atoms with Gasteiger partial charge in [-0.2, -0.15) is 5.10 Å². The van der Waals surface area contributed by atoms with Crippen LogP contribution in [0, 0.1) is 19.8 Å². The lowest BCUT2D eigenvalue weighted by atomic mass is 10.0. The molecule has 23 heavy (non-hydrogen) atoms. The van der Waals surface area contributed by atoms with Gasteiger partial charge in [-0.3, -0.25) is 9.48 Å². The molecular formula is C16H22N4O3. The van der Waals surface area contributed by atoms with Crippen molar-refractivity contribution >= 4 is 22.9 Å². The summed E-state index contributed by atoms with van der Waals surface area (Å²) in [6, 6.07) is 0.753. The largest absolute Gasteiger partial charge is 0.480 e. The van der Waals surface area contributed by atoms with E-state index in [4.69, 9.17) is 0 Å². The van der Waals surface area contributed by atoms with Crippen molar-refractivity contribution in [3.63, 3.8) is 0 Å². The SMILES string of the molecule is Cc1cc(C(=O)N[C@@H](CC(C)C)C(=O)O)c2c(C)nn(C)c2n1. The normalized spacial score (nSPS) is 12.6. The van der Waals surface area contributed by atoms with E-state index >= 15 is 0 Å². The summed E-state index contributed by atoms with van der Waals surface area (Å²) >= 11 is 0. The number of nitrogens with one attached hydrogen (secondary N) is 1. The molecule has 0 unspecified atom stereocenters. The number of fused-ring (bicyclic) bond motifs is 1. The number of rotatable bonds is 5. The number of carbonyl (C=O) groups is 2. The minimum atomic E-state index is -1.03. The van der Waals surface area contributed by atoms with Crippen molar-refractivity contribution in [3.8, 4) is 0 Å². The van der Waals surface area contributed by atoms with Crippen LogP contribution in [0.1, 0.15) is 42.0 Å². The van der Waals surface area contributed by atoms with Crippen LogP contribution in [0.15, 0.2) is 6.07 Å². The third-order valence-electron chi connectivity index (χ3n) is 3.65. The molecule has 0 aliphatic heterocycles. The van der Waals surface area contributed by atoms with Gasteiger partial charge >= 0.3 is 5.97 Å². The van der Waals surface area contributed by atoms with Gasteiger partial charge in [0.15, 0.2) is 5.65 Å². The molecule has 0 saturated carbocycles. The van der Waals surface area contributed by atoms with Crippen LogP contribution in [-0.2, 0) is 11.8 Å². The molecule has 2 aromatic rings. The Bertz CT molecular complexity index is 764. The fourth-order valence-electron chi connectivity index (χ4n) is 2.68. The summed E-state index contributed by atoms with van der Waals surface area (Å²) in [7, 11) is 1.77. The molecule has 2 rings (SSSR count). The van der Waals surface area contributed by atoms with E-state index in [-0.39, 0.29) is 5.92 Å². The van der Waals surface area contributed by atoms with Crippen molar-refractivity contribution in [1.29, 1.82) is 0 Å². The Morgan fingerprint density at radius 2 is 2.00 bits per heavy atom. The highest BCUT2D eigenvalue weighted by atomic mass is 16.4. The molecule has 0 bridgehead atoms. The molecule has 124 valence electrons. The molecule has 0 radical (unpaired) electrons. The Morgan fingerprint density at radius 3 is 2.57 bits per heavy atom. The molecule has 2 aromatic heterocycles. The molecule has 7 heteroatoms. The van der Waals surface area contributed by atoms with Gasteiger partial charge in [-0.15, -0.1) is 0 Å². The first-order valence-electron chi connectivity index (χ1n) is 7.55. The van der Waals surface area contributed by atoms with Crippen LogP contribution in [0.3, 0.4) is 0 Å². The van der Waals surface area contributed by atoms with Gasteiger partial charge in [0.1, 0.15) is 6.04 Å². The molecule has 0 spiro atoms. The molecule has 7 nitrogen and oxygen atoms in total. The first-order chi connectivity index (χ1) is 10.7. The van der Waals surface area contributed by atoms with Crippen LogP contribution >= 0.6 is 0 Å². The average Bonchev–Trinajstić information content (AvgIpc) is 2.71. The van der Waals surface area contributed by atoms with E-state index < -0.39 is 17.9 Å². The Balaban J connectivity index is 2.43.